The molecule has 1 aliphatic rings. The fraction of sp³-hybridized carbons (Fsp3) is 0.621. The van der Waals surface area contributed by atoms with E-state index in [1.807, 2.05) is 24.3 Å². The lowest BCUT2D eigenvalue weighted by molar-refractivity contribution is -0.173. The van der Waals surface area contributed by atoms with Gasteiger partial charge in [0.15, 0.2) is 0 Å². The van der Waals surface area contributed by atoms with Crippen molar-refractivity contribution in [2.45, 2.75) is 71.7 Å². The zero-order valence-electron chi connectivity index (χ0n) is 22.9. The Morgan fingerprint density at radius 1 is 1.18 bits per heavy atom. The molecule has 2 rings (SSSR count). The van der Waals surface area contributed by atoms with Crippen LogP contribution in [0.3, 0.4) is 0 Å². The van der Waals surface area contributed by atoms with Gasteiger partial charge in [0.25, 0.3) is 0 Å². The summed E-state index contributed by atoms with van der Waals surface area (Å²) in [6, 6.07) is 7.85. The summed E-state index contributed by atoms with van der Waals surface area (Å²) in [7, 11) is 1.64. The zero-order chi connectivity index (χ0) is 28.1. The van der Waals surface area contributed by atoms with Crippen molar-refractivity contribution in [1.29, 1.82) is 0 Å². The van der Waals surface area contributed by atoms with Gasteiger partial charge in [0.2, 0.25) is 6.79 Å². The number of rotatable bonds is 15. The predicted octanol–water partition coefficient (Wildman–Crippen LogP) is 3.85. The van der Waals surface area contributed by atoms with E-state index in [9.17, 15) is 24.6 Å². The summed E-state index contributed by atoms with van der Waals surface area (Å²) in [6.07, 6.45) is 4.03. The highest BCUT2D eigenvalue weighted by Crippen LogP contribution is 2.34. The molecule has 0 radical (unpaired) electrons. The summed E-state index contributed by atoms with van der Waals surface area (Å²) >= 11 is 1.64. The Hall–Kier alpha value is -2.20. The van der Waals surface area contributed by atoms with Crippen LogP contribution in [0.25, 0.3) is 0 Å². The average Bonchev–Trinajstić information content (AvgIpc) is 3.11. The molecule has 1 saturated carbocycles. The van der Waals surface area contributed by atoms with Gasteiger partial charge < -0.3 is 24.4 Å². The first kappa shape index (κ1) is 32.0. The fourth-order valence-corrected chi connectivity index (χ4v) is 5.21. The molecule has 1 aliphatic carbocycles. The SMILES string of the molecule is COCc1cccc(C[C@H](O)/C=C/[C@@H]2[C@H](O)CC(=O)[C@@H]2CCSCCCC(=O)OCOC(=O)C(C)(C)C)c1. The zero-order valence-corrected chi connectivity index (χ0v) is 23.7. The lowest BCUT2D eigenvalue weighted by Crippen LogP contribution is -2.24. The van der Waals surface area contributed by atoms with E-state index in [4.69, 9.17) is 14.2 Å². The number of aliphatic hydroxyl groups is 2. The van der Waals surface area contributed by atoms with E-state index < -0.39 is 29.6 Å². The minimum Gasteiger partial charge on any atom is -0.428 e. The van der Waals surface area contributed by atoms with E-state index in [0.717, 1.165) is 22.6 Å². The monoisotopic (exact) mass is 550 g/mol. The lowest BCUT2D eigenvalue weighted by atomic mass is 9.91. The first-order chi connectivity index (χ1) is 18.0. The standard InChI is InChI=1S/C29H42O8S/c1-29(2,3)28(34)37-19-36-27(33)9-6-13-38-14-12-24-23(25(31)17-26(24)32)11-10-22(30)16-20-7-5-8-21(15-20)18-35-4/h5,7-8,10-11,15,22-25,30-31H,6,9,12-14,16-19H2,1-4H3/b11-10+/t22-,23+,24-,25-/m1/s1. The van der Waals surface area contributed by atoms with Crippen LogP contribution in [-0.4, -0.2) is 65.6 Å². The van der Waals surface area contributed by atoms with Crippen LogP contribution >= 0.6 is 11.8 Å². The van der Waals surface area contributed by atoms with Crippen molar-refractivity contribution < 1.29 is 38.8 Å². The first-order valence-corrected chi connectivity index (χ1v) is 14.2. The molecule has 0 aromatic heterocycles. The number of aliphatic hydroxyl groups excluding tert-OH is 2. The Labute approximate surface area is 230 Å². The number of carbonyl (C=O) groups is 3. The number of carbonyl (C=O) groups excluding carboxylic acids is 3. The number of thioether (sulfide) groups is 1. The van der Waals surface area contributed by atoms with Crippen molar-refractivity contribution in [3.63, 3.8) is 0 Å². The van der Waals surface area contributed by atoms with Crippen LogP contribution < -0.4 is 0 Å². The summed E-state index contributed by atoms with van der Waals surface area (Å²) in [6.45, 7) is 5.30. The number of ketones is 1. The van der Waals surface area contributed by atoms with Crippen molar-refractivity contribution in [3.8, 4) is 0 Å². The van der Waals surface area contributed by atoms with Crippen molar-refractivity contribution in [2.24, 2.45) is 17.3 Å². The van der Waals surface area contributed by atoms with E-state index in [0.29, 0.717) is 25.9 Å². The van der Waals surface area contributed by atoms with Crippen molar-refractivity contribution >= 4 is 29.5 Å². The van der Waals surface area contributed by atoms with Gasteiger partial charge in [-0.25, -0.2) is 0 Å². The second kappa shape index (κ2) is 16.0. The van der Waals surface area contributed by atoms with Crippen molar-refractivity contribution in [2.75, 3.05) is 25.4 Å². The van der Waals surface area contributed by atoms with E-state index in [2.05, 4.69) is 0 Å². The minimum atomic E-state index is -0.742. The second-order valence-electron chi connectivity index (χ2n) is 10.7. The van der Waals surface area contributed by atoms with Gasteiger partial charge in [-0.05, 0) is 56.2 Å². The normalized spacial score (nSPS) is 20.6. The highest BCUT2D eigenvalue weighted by atomic mass is 32.2. The minimum absolute atomic E-state index is 0.0443. The van der Waals surface area contributed by atoms with Gasteiger partial charge in [-0.3, -0.25) is 14.4 Å². The maximum Gasteiger partial charge on any atom is 0.314 e. The van der Waals surface area contributed by atoms with E-state index in [1.165, 1.54) is 0 Å². The number of benzene rings is 1. The molecule has 38 heavy (non-hydrogen) atoms. The van der Waals surface area contributed by atoms with E-state index >= 15 is 0 Å². The summed E-state index contributed by atoms with van der Waals surface area (Å²) in [4.78, 5) is 35.9. The number of esters is 2. The Bertz CT molecular complexity index is 939. The number of hydrogen-bond acceptors (Lipinski definition) is 9. The Kier molecular flexibility index (Phi) is 13.5. The van der Waals surface area contributed by atoms with Gasteiger partial charge >= 0.3 is 11.9 Å². The van der Waals surface area contributed by atoms with Gasteiger partial charge in [0, 0.05) is 38.2 Å². The Morgan fingerprint density at radius 2 is 1.92 bits per heavy atom. The molecular weight excluding hydrogens is 508 g/mol. The largest absolute Gasteiger partial charge is 0.428 e. The number of Topliss-reactive ketones (excluding diaryl/α,β-unsaturated/α-hetero) is 1. The third-order valence-electron chi connectivity index (χ3n) is 6.30. The molecule has 0 bridgehead atoms. The lowest BCUT2D eigenvalue weighted by Gasteiger charge is -2.18. The molecule has 2 N–H and O–H groups in total. The summed E-state index contributed by atoms with van der Waals surface area (Å²) in [5.41, 5.74) is 1.38. The van der Waals surface area contributed by atoms with Crippen LogP contribution in [0.2, 0.25) is 0 Å². The molecule has 212 valence electrons. The summed E-state index contributed by atoms with van der Waals surface area (Å²) in [5.74, 6) is 0.0421. The van der Waals surface area contributed by atoms with Crippen LogP contribution in [0.1, 0.15) is 57.6 Å². The highest BCUT2D eigenvalue weighted by molar-refractivity contribution is 7.99. The third kappa shape index (κ3) is 11.3. The van der Waals surface area contributed by atoms with Gasteiger partial charge in [-0.2, -0.15) is 11.8 Å². The van der Waals surface area contributed by atoms with Crippen LogP contribution in [-0.2, 0) is 41.6 Å². The number of hydrogen-bond donors (Lipinski definition) is 2. The highest BCUT2D eigenvalue weighted by Gasteiger charge is 2.39. The summed E-state index contributed by atoms with van der Waals surface area (Å²) < 4.78 is 15.0. The number of ether oxygens (including phenoxy) is 3. The Balaban J connectivity index is 1.70. The number of methoxy groups -OCH3 is 1. The van der Waals surface area contributed by atoms with Crippen molar-refractivity contribution in [3.05, 3.63) is 47.5 Å². The summed E-state index contributed by atoms with van der Waals surface area (Å²) in [5, 5.41) is 20.9. The molecule has 0 amide bonds. The van der Waals surface area contributed by atoms with Crippen molar-refractivity contribution in [1.82, 2.24) is 0 Å². The fourth-order valence-electron chi connectivity index (χ4n) is 4.24. The van der Waals surface area contributed by atoms with Gasteiger partial charge in [0.05, 0.1) is 24.2 Å². The molecule has 0 heterocycles. The molecule has 4 atom stereocenters. The van der Waals surface area contributed by atoms with Gasteiger partial charge in [-0.1, -0.05) is 36.4 Å². The van der Waals surface area contributed by atoms with E-state index in [-0.39, 0.29) is 37.3 Å². The maximum atomic E-state index is 12.5. The van der Waals surface area contributed by atoms with Crippen LogP contribution in [0.15, 0.2) is 36.4 Å². The molecule has 0 spiro atoms. The van der Waals surface area contributed by atoms with Gasteiger partial charge in [0.1, 0.15) is 5.78 Å². The molecule has 0 unspecified atom stereocenters. The molecule has 1 aromatic carbocycles. The quantitative estimate of drug-likeness (QED) is 0.145. The van der Waals surface area contributed by atoms with E-state index in [1.54, 1.807) is 51.8 Å². The topological polar surface area (TPSA) is 119 Å². The molecule has 9 heteroatoms. The molecule has 0 saturated heterocycles. The molecular formula is C29H42O8S. The second-order valence-corrected chi connectivity index (χ2v) is 11.9. The first-order valence-electron chi connectivity index (χ1n) is 13.1. The van der Waals surface area contributed by atoms with Crippen LogP contribution in [0.5, 0.6) is 0 Å². The molecule has 1 fully saturated rings. The third-order valence-corrected chi connectivity index (χ3v) is 7.40. The molecule has 0 aliphatic heterocycles. The molecule has 1 aromatic rings. The van der Waals surface area contributed by atoms with Crippen LogP contribution in [0, 0.1) is 17.3 Å². The average molecular weight is 551 g/mol. The Morgan fingerprint density at radius 3 is 2.63 bits per heavy atom. The van der Waals surface area contributed by atoms with Gasteiger partial charge in [-0.15, -0.1) is 0 Å². The van der Waals surface area contributed by atoms with Crippen LogP contribution in [0.4, 0.5) is 0 Å². The smallest absolute Gasteiger partial charge is 0.314 e. The predicted molar refractivity (Wildman–Crippen MR) is 146 cm³/mol. The maximum absolute atomic E-state index is 12.5. The molecule has 8 nitrogen and oxygen atoms in total.